The Balaban J connectivity index is 1.14. The van der Waals surface area contributed by atoms with E-state index in [0.29, 0.717) is 30.9 Å². The fraction of sp³-hybridized carbons (Fsp3) is 0.306. The van der Waals surface area contributed by atoms with Crippen LogP contribution in [0.25, 0.3) is 11.1 Å². The maximum Gasteiger partial charge on any atom is 0.355 e. The summed E-state index contributed by atoms with van der Waals surface area (Å²) in [6.07, 6.45) is 5.97. The Morgan fingerprint density at radius 3 is 2.17 bits per heavy atom. The molecular weight excluding hydrogens is 512 g/mol. The highest BCUT2D eigenvalue weighted by Crippen LogP contribution is 2.36. The van der Waals surface area contributed by atoms with Gasteiger partial charge in [-0.15, -0.1) is 0 Å². The van der Waals surface area contributed by atoms with Gasteiger partial charge in [0.2, 0.25) is 5.60 Å². The summed E-state index contributed by atoms with van der Waals surface area (Å²) in [6.45, 7) is 5.25. The lowest BCUT2D eigenvalue weighted by molar-refractivity contribution is -0.152. The molecule has 5 heteroatoms. The minimum absolute atomic E-state index is 0.402. The van der Waals surface area contributed by atoms with Crippen molar-refractivity contribution in [1.82, 2.24) is 0 Å². The van der Waals surface area contributed by atoms with Gasteiger partial charge in [0.15, 0.2) is 0 Å². The minimum atomic E-state index is -1.07. The lowest BCUT2D eigenvalue weighted by atomic mass is 9.92. The first-order chi connectivity index (χ1) is 20.0. The van der Waals surface area contributed by atoms with Crippen molar-refractivity contribution >= 4 is 5.97 Å². The number of unbranched alkanes of at least 4 members (excludes halogenated alkanes) is 3. The summed E-state index contributed by atoms with van der Waals surface area (Å²) in [5.41, 5.74) is 3.19. The quantitative estimate of drug-likeness (QED) is 0.100. The molecule has 0 fully saturated rings. The summed E-state index contributed by atoms with van der Waals surface area (Å²) in [5, 5.41) is 0. The van der Waals surface area contributed by atoms with Crippen LogP contribution in [0.4, 0.5) is 0 Å². The summed E-state index contributed by atoms with van der Waals surface area (Å²) in [6, 6.07) is 31.5. The number of aryl methyl sites for hydroxylation is 1. The van der Waals surface area contributed by atoms with Gasteiger partial charge in [0, 0.05) is 6.42 Å². The molecule has 0 saturated carbocycles. The molecule has 41 heavy (non-hydrogen) atoms. The number of ether oxygens (including phenoxy) is 4. The number of hydrogen-bond acceptors (Lipinski definition) is 5. The van der Waals surface area contributed by atoms with Crippen LogP contribution in [0.1, 0.15) is 57.1 Å². The number of fused-ring (bicyclic) bond motifs is 1. The van der Waals surface area contributed by atoms with Crippen molar-refractivity contribution in [3.05, 3.63) is 108 Å². The Hall–Kier alpha value is -4.25. The molecule has 0 bridgehead atoms. The van der Waals surface area contributed by atoms with E-state index in [1.807, 2.05) is 84.9 Å². The second kappa shape index (κ2) is 13.4. The van der Waals surface area contributed by atoms with Crippen molar-refractivity contribution in [1.29, 1.82) is 0 Å². The van der Waals surface area contributed by atoms with Crippen LogP contribution in [0, 0.1) is 0 Å². The summed E-state index contributed by atoms with van der Waals surface area (Å²) in [7, 11) is 0. The zero-order valence-electron chi connectivity index (χ0n) is 23.9. The lowest BCUT2D eigenvalue weighted by Crippen LogP contribution is -2.46. The SMILES string of the molecule is CCCCCCOc1ccc(-c2ccc(OC(=O)[C@]3(C)CCc4cc(OCc5ccccc5)ccc4O3)cc2)cc1. The van der Waals surface area contributed by atoms with Gasteiger partial charge < -0.3 is 18.9 Å². The maximum atomic E-state index is 13.2. The van der Waals surface area contributed by atoms with E-state index >= 15 is 0 Å². The van der Waals surface area contributed by atoms with Crippen molar-refractivity contribution in [3.8, 4) is 34.1 Å². The van der Waals surface area contributed by atoms with Crippen molar-refractivity contribution in [2.75, 3.05) is 6.61 Å². The number of esters is 1. The Morgan fingerprint density at radius 2 is 1.46 bits per heavy atom. The molecule has 1 aliphatic heterocycles. The van der Waals surface area contributed by atoms with E-state index in [1.54, 1.807) is 6.92 Å². The molecule has 0 N–H and O–H groups in total. The fourth-order valence-corrected chi connectivity index (χ4v) is 4.88. The molecule has 5 nitrogen and oxygen atoms in total. The maximum absolute atomic E-state index is 13.2. The number of rotatable bonds is 12. The summed E-state index contributed by atoms with van der Waals surface area (Å²) in [5.74, 6) is 2.44. The third kappa shape index (κ3) is 7.49. The van der Waals surface area contributed by atoms with Gasteiger partial charge in [-0.1, -0.05) is 80.8 Å². The first-order valence-electron chi connectivity index (χ1n) is 14.6. The second-order valence-electron chi connectivity index (χ2n) is 10.7. The molecule has 1 atom stereocenters. The standard InChI is InChI=1S/C36H38O5/c1-3-4-5-9-24-38-31-16-12-28(13-17-31)29-14-18-32(19-15-29)40-35(37)36(2)23-22-30-25-33(20-21-34(30)41-36)39-26-27-10-7-6-8-11-27/h6-8,10-21,25H,3-5,9,22-24,26H2,1-2H3/t36-/m0/s1. The molecule has 1 heterocycles. The van der Waals surface area contributed by atoms with Gasteiger partial charge in [0.25, 0.3) is 0 Å². The van der Waals surface area contributed by atoms with Gasteiger partial charge in [0.1, 0.15) is 29.6 Å². The highest BCUT2D eigenvalue weighted by Gasteiger charge is 2.41. The number of carbonyl (C=O) groups is 1. The van der Waals surface area contributed by atoms with Crippen LogP contribution in [0.3, 0.4) is 0 Å². The van der Waals surface area contributed by atoms with Gasteiger partial charge in [-0.25, -0.2) is 4.79 Å². The third-order valence-electron chi connectivity index (χ3n) is 7.44. The van der Waals surface area contributed by atoms with Gasteiger partial charge in [-0.05, 0) is 84.5 Å². The van der Waals surface area contributed by atoms with Crippen molar-refractivity contribution < 1.29 is 23.7 Å². The third-order valence-corrected chi connectivity index (χ3v) is 7.44. The lowest BCUT2D eigenvalue weighted by Gasteiger charge is -2.33. The molecule has 4 aromatic carbocycles. The Bertz CT molecular complexity index is 1410. The number of carbonyl (C=O) groups excluding carboxylic acids is 1. The fourth-order valence-electron chi connectivity index (χ4n) is 4.88. The molecule has 212 valence electrons. The molecule has 0 aromatic heterocycles. The monoisotopic (exact) mass is 550 g/mol. The van der Waals surface area contributed by atoms with Crippen LogP contribution >= 0.6 is 0 Å². The molecule has 4 aromatic rings. The van der Waals surface area contributed by atoms with Gasteiger partial charge in [0.05, 0.1) is 6.61 Å². The van der Waals surface area contributed by atoms with E-state index in [2.05, 4.69) is 19.1 Å². The van der Waals surface area contributed by atoms with E-state index in [4.69, 9.17) is 18.9 Å². The molecular formula is C36H38O5. The average Bonchev–Trinajstić information content (AvgIpc) is 3.01. The molecule has 0 spiro atoms. The van der Waals surface area contributed by atoms with E-state index in [-0.39, 0.29) is 0 Å². The highest BCUT2D eigenvalue weighted by molar-refractivity contribution is 5.82. The smallest absolute Gasteiger partial charge is 0.355 e. The van der Waals surface area contributed by atoms with Gasteiger partial charge >= 0.3 is 5.97 Å². The number of hydrogen-bond donors (Lipinski definition) is 0. The van der Waals surface area contributed by atoms with Crippen LogP contribution in [0.5, 0.6) is 23.0 Å². The van der Waals surface area contributed by atoms with Crippen molar-refractivity contribution in [2.24, 2.45) is 0 Å². The molecule has 0 unspecified atom stereocenters. The topological polar surface area (TPSA) is 54.0 Å². The van der Waals surface area contributed by atoms with Crippen LogP contribution in [0.15, 0.2) is 97.1 Å². The van der Waals surface area contributed by atoms with Crippen molar-refractivity contribution in [3.63, 3.8) is 0 Å². The largest absolute Gasteiger partial charge is 0.494 e. The predicted octanol–water partition coefficient (Wildman–Crippen LogP) is 8.58. The van der Waals surface area contributed by atoms with Crippen LogP contribution < -0.4 is 18.9 Å². The van der Waals surface area contributed by atoms with E-state index in [9.17, 15) is 4.79 Å². The molecule has 1 aliphatic rings. The van der Waals surface area contributed by atoms with Gasteiger partial charge in [-0.3, -0.25) is 0 Å². The van der Waals surface area contributed by atoms with Crippen molar-refractivity contribution in [2.45, 2.75) is 64.6 Å². The molecule has 5 rings (SSSR count). The van der Waals surface area contributed by atoms with Crippen LogP contribution in [0.2, 0.25) is 0 Å². The second-order valence-corrected chi connectivity index (χ2v) is 10.7. The average molecular weight is 551 g/mol. The Labute approximate surface area is 243 Å². The van der Waals surface area contributed by atoms with E-state index in [0.717, 1.165) is 46.8 Å². The van der Waals surface area contributed by atoms with Crippen LogP contribution in [-0.2, 0) is 17.8 Å². The molecule has 0 saturated heterocycles. The summed E-state index contributed by atoms with van der Waals surface area (Å²) >= 11 is 0. The summed E-state index contributed by atoms with van der Waals surface area (Å²) in [4.78, 5) is 13.2. The molecule has 0 amide bonds. The van der Waals surface area contributed by atoms with Gasteiger partial charge in [-0.2, -0.15) is 0 Å². The number of benzene rings is 4. The first kappa shape index (κ1) is 28.3. The minimum Gasteiger partial charge on any atom is -0.494 e. The highest BCUT2D eigenvalue weighted by atomic mass is 16.6. The zero-order valence-corrected chi connectivity index (χ0v) is 23.9. The van der Waals surface area contributed by atoms with E-state index < -0.39 is 11.6 Å². The van der Waals surface area contributed by atoms with Crippen LogP contribution in [-0.4, -0.2) is 18.2 Å². The Morgan fingerprint density at radius 1 is 0.780 bits per heavy atom. The normalized spacial score (nSPS) is 15.9. The first-order valence-corrected chi connectivity index (χ1v) is 14.6. The molecule has 0 aliphatic carbocycles. The predicted molar refractivity (Wildman–Crippen MR) is 162 cm³/mol. The molecule has 0 radical (unpaired) electrons. The Kier molecular flexibility index (Phi) is 9.25. The summed E-state index contributed by atoms with van der Waals surface area (Å²) < 4.78 is 23.7. The van der Waals surface area contributed by atoms with E-state index in [1.165, 1.54) is 19.3 Å². The zero-order chi connectivity index (χ0) is 28.5.